The largest absolute Gasteiger partial charge is 0.441 e. The summed E-state index contributed by atoms with van der Waals surface area (Å²) >= 11 is 0. The van der Waals surface area contributed by atoms with E-state index >= 15 is 0 Å². The van der Waals surface area contributed by atoms with Crippen LogP contribution >= 0.6 is 0 Å². The zero-order chi connectivity index (χ0) is 21.8. The number of hydrogen-bond acceptors (Lipinski definition) is 4. The van der Waals surface area contributed by atoms with Crippen molar-refractivity contribution in [3.8, 4) is 11.3 Å². The van der Waals surface area contributed by atoms with Gasteiger partial charge in [-0.25, -0.2) is 9.37 Å². The molecule has 0 saturated carbocycles. The Balaban J connectivity index is 1.42. The molecule has 160 valence electrons. The summed E-state index contributed by atoms with van der Waals surface area (Å²) in [7, 11) is 0. The van der Waals surface area contributed by atoms with Crippen LogP contribution in [0.15, 0.2) is 53.1 Å². The van der Waals surface area contributed by atoms with E-state index in [0.29, 0.717) is 28.5 Å². The second-order valence-electron chi connectivity index (χ2n) is 7.64. The summed E-state index contributed by atoms with van der Waals surface area (Å²) in [6.07, 6.45) is 3.86. The van der Waals surface area contributed by atoms with Gasteiger partial charge in [0.2, 0.25) is 5.91 Å². The normalized spacial score (nSPS) is 13.4. The van der Waals surface area contributed by atoms with Crippen LogP contribution in [-0.4, -0.2) is 34.8 Å². The first-order chi connectivity index (χ1) is 15.0. The van der Waals surface area contributed by atoms with E-state index in [2.05, 4.69) is 10.3 Å². The van der Waals surface area contributed by atoms with E-state index in [1.807, 2.05) is 24.0 Å². The van der Waals surface area contributed by atoms with Crippen LogP contribution in [0.25, 0.3) is 11.3 Å². The molecule has 0 spiro atoms. The number of aryl methyl sites for hydroxylation is 2. The maximum atomic E-state index is 13.9. The van der Waals surface area contributed by atoms with Crippen molar-refractivity contribution in [2.75, 3.05) is 18.4 Å². The number of oxazole rings is 1. The zero-order valence-corrected chi connectivity index (χ0v) is 17.4. The fourth-order valence-electron chi connectivity index (χ4n) is 3.74. The maximum absolute atomic E-state index is 13.9. The van der Waals surface area contributed by atoms with Crippen LogP contribution in [-0.2, 0) is 11.2 Å². The SMILES string of the molecule is Cc1cccc(C(=O)N2CCCC2)c1NC(=O)CCc1ncc(-c2ccccc2F)o1. The second-order valence-corrected chi connectivity index (χ2v) is 7.64. The van der Waals surface area contributed by atoms with Crippen molar-refractivity contribution in [2.45, 2.75) is 32.6 Å². The monoisotopic (exact) mass is 421 g/mol. The van der Waals surface area contributed by atoms with Crippen LogP contribution in [0, 0.1) is 12.7 Å². The Morgan fingerprint density at radius 3 is 2.68 bits per heavy atom. The van der Waals surface area contributed by atoms with Gasteiger partial charge in [-0.15, -0.1) is 0 Å². The highest BCUT2D eigenvalue weighted by atomic mass is 19.1. The number of para-hydroxylation sites is 1. The van der Waals surface area contributed by atoms with E-state index in [1.54, 1.807) is 24.3 Å². The smallest absolute Gasteiger partial charge is 0.255 e. The summed E-state index contributed by atoms with van der Waals surface area (Å²) in [6, 6.07) is 11.7. The Labute approximate surface area is 180 Å². The molecule has 2 aromatic carbocycles. The van der Waals surface area contributed by atoms with Crippen LogP contribution in [0.5, 0.6) is 0 Å². The number of carbonyl (C=O) groups excluding carboxylic acids is 2. The fourth-order valence-corrected chi connectivity index (χ4v) is 3.74. The van der Waals surface area contributed by atoms with E-state index in [9.17, 15) is 14.0 Å². The van der Waals surface area contributed by atoms with Crippen molar-refractivity contribution in [3.63, 3.8) is 0 Å². The lowest BCUT2D eigenvalue weighted by Crippen LogP contribution is -2.29. The van der Waals surface area contributed by atoms with Crippen LogP contribution in [0.2, 0.25) is 0 Å². The van der Waals surface area contributed by atoms with E-state index in [-0.39, 0.29) is 24.7 Å². The van der Waals surface area contributed by atoms with Gasteiger partial charge in [0.15, 0.2) is 11.7 Å². The molecule has 1 N–H and O–H groups in total. The molecule has 7 heteroatoms. The second kappa shape index (κ2) is 9.12. The van der Waals surface area contributed by atoms with Gasteiger partial charge in [0.05, 0.1) is 23.0 Å². The summed E-state index contributed by atoms with van der Waals surface area (Å²) in [4.78, 5) is 31.4. The molecule has 0 unspecified atom stereocenters. The molecule has 4 rings (SSSR count). The van der Waals surface area contributed by atoms with Gasteiger partial charge in [-0.1, -0.05) is 24.3 Å². The molecule has 0 bridgehead atoms. The van der Waals surface area contributed by atoms with Crippen LogP contribution < -0.4 is 5.32 Å². The lowest BCUT2D eigenvalue weighted by Gasteiger charge is -2.19. The minimum atomic E-state index is -0.391. The third kappa shape index (κ3) is 4.66. The van der Waals surface area contributed by atoms with E-state index in [4.69, 9.17) is 4.42 Å². The number of anilines is 1. The average molecular weight is 421 g/mol. The Bertz CT molecular complexity index is 1100. The van der Waals surface area contributed by atoms with Crippen molar-refractivity contribution in [2.24, 2.45) is 0 Å². The molecular formula is C24H24FN3O3. The Hall–Kier alpha value is -3.48. The highest BCUT2D eigenvalue weighted by molar-refractivity contribution is 6.04. The van der Waals surface area contributed by atoms with Gasteiger partial charge in [-0.2, -0.15) is 0 Å². The average Bonchev–Trinajstić information content (AvgIpc) is 3.46. The third-order valence-electron chi connectivity index (χ3n) is 5.42. The number of likely N-dealkylation sites (tertiary alicyclic amines) is 1. The summed E-state index contributed by atoms with van der Waals surface area (Å²) < 4.78 is 19.5. The summed E-state index contributed by atoms with van der Waals surface area (Å²) in [5.74, 6) is -0.00991. The molecule has 6 nitrogen and oxygen atoms in total. The number of halogens is 1. The Kier molecular flexibility index (Phi) is 6.11. The molecule has 1 aliphatic rings. The number of aromatic nitrogens is 1. The minimum Gasteiger partial charge on any atom is -0.441 e. The van der Waals surface area contributed by atoms with Gasteiger partial charge in [-0.3, -0.25) is 9.59 Å². The Morgan fingerprint density at radius 2 is 1.90 bits per heavy atom. The van der Waals surface area contributed by atoms with Gasteiger partial charge in [0.1, 0.15) is 5.82 Å². The molecule has 0 radical (unpaired) electrons. The molecule has 0 atom stereocenters. The third-order valence-corrected chi connectivity index (χ3v) is 5.42. The Morgan fingerprint density at radius 1 is 1.13 bits per heavy atom. The first-order valence-corrected chi connectivity index (χ1v) is 10.4. The van der Waals surface area contributed by atoms with Crippen molar-refractivity contribution in [3.05, 3.63) is 71.5 Å². The van der Waals surface area contributed by atoms with Gasteiger partial charge < -0.3 is 14.6 Å². The van der Waals surface area contributed by atoms with Crippen molar-refractivity contribution in [1.82, 2.24) is 9.88 Å². The molecule has 1 saturated heterocycles. The lowest BCUT2D eigenvalue weighted by molar-refractivity contribution is -0.116. The molecule has 1 fully saturated rings. The van der Waals surface area contributed by atoms with E-state index in [1.165, 1.54) is 12.3 Å². The van der Waals surface area contributed by atoms with Gasteiger partial charge in [0, 0.05) is 25.9 Å². The van der Waals surface area contributed by atoms with Gasteiger partial charge in [-0.05, 0) is 43.5 Å². The lowest BCUT2D eigenvalue weighted by atomic mass is 10.1. The summed E-state index contributed by atoms with van der Waals surface area (Å²) in [6.45, 7) is 3.36. The van der Waals surface area contributed by atoms with Crippen LogP contribution in [0.4, 0.5) is 10.1 Å². The molecule has 1 aromatic heterocycles. The van der Waals surface area contributed by atoms with Crippen molar-refractivity contribution < 1.29 is 18.4 Å². The van der Waals surface area contributed by atoms with Crippen LogP contribution in [0.1, 0.15) is 41.1 Å². The molecule has 2 heterocycles. The molecule has 2 amide bonds. The summed E-state index contributed by atoms with van der Waals surface area (Å²) in [5.41, 5.74) is 2.21. The maximum Gasteiger partial charge on any atom is 0.255 e. The topological polar surface area (TPSA) is 75.4 Å². The summed E-state index contributed by atoms with van der Waals surface area (Å²) in [5, 5.41) is 2.89. The van der Waals surface area contributed by atoms with E-state index in [0.717, 1.165) is 31.5 Å². The standard InChI is InChI=1S/C24H24FN3O3/c1-16-7-6-9-18(24(30)28-13-4-5-14-28)23(16)27-21(29)11-12-22-26-15-20(31-22)17-8-2-3-10-19(17)25/h2-3,6-10,15H,4-5,11-14H2,1H3,(H,27,29). The van der Waals surface area contributed by atoms with Crippen molar-refractivity contribution in [1.29, 1.82) is 0 Å². The first kappa shape index (κ1) is 20.8. The highest BCUT2D eigenvalue weighted by Crippen LogP contribution is 2.25. The number of carbonyl (C=O) groups is 2. The van der Waals surface area contributed by atoms with Gasteiger partial charge in [0.25, 0.3) is 5.91 Å². The predicted molar refractivity (Wildman–Crippen MR) is 115 cm³/mol. The number of nitrogens with one attached hydrogen (secondary N) is 1. The quantitative estimate of drug-likeness (QED) is 0.631. The number of amides is 2. The number of benzene rings is 2. The number of hydrogen-bond donors (Lipinski definition) is 1. The molecule has 3 aromatic rings. The van der Waals surface area contributed by atoms with E-state index < -0.39 is 5.82 Å². The highest BCUT2D eigenvalue weighted by Gasteiger charge is 2.23. The number of nitrogens with zero attached hydrogens (tertiary/aromatic N) is 2. The predicted octanol–water partition coefficient (Wildman–Crippen LogP) is 4.60. The fraction of sp³-hybridized carbons (Fsp3) is 0.292. The molecule has 31 heavy (non-hydrogen) atoms. The number of rotatable bonds is 6. The molecule has 1 aliphatic heterocycles. The molecule has 0 aliphatic carbocycles. The zero-order valence-electron chi connectivity index (χ0n) is 17.4. The first-order valence-electron chi connectivity index (χ1n) is 10.4. The van der Waals surface area contributed by atoms with Crippen LogP contribution in [0.3, 0.4) is 0 Å². The van der Waals surface area contributed by atoms with Crippen molar-refractivity contribution >= 4 is 17.5 Å². The van der Waals surface area contributed by atoms with Gasteiger partial charge >= 0.3 is 0 Å². The minimum absolute atomic E-state index is 0.0567. The molecular weight excluding hydrogens is 397 g/mol.